The molecule has 1 heterocycles. The predicted octanol–water partition coefficient (Wildman–Crippen LogP) is 4.24. The zero-order valence-electron chi connectivity index (χ0n) is 20.9. The van der Waals surface area contributed by atoms with Crippen molar-refractivity contribution >= 4 is 27.5 Å². The number of benzene rings is 2. The Bertz CT molecular complexity index is 1190. The van der Waals surface area contributed by atoms with E-state index in [-0.39, 0.29) is 29.7 Å². The zero-order chi connectivity index (χ0) is 25.3. The van der Waals surface area contributed by atoms with Gasteiger partial charge >= 0.3 is 0 Å². The highest BCUT2D eigenvalue weighted by atomic mass is 32.2. The normalized spacial score (nSPS) is 18.2. The zero-order valence-corrected chi connectivity index (χ0v) is 21.7. The molecule has 0 radical (unpaired) electrons. The molecule has 2 aromatic rings. The summed E-state index contributed by atoms with van der Waals surface area (Å²) in [5.74, 6) is -0.0519. The summed E-state index contributed by atoms with van der Waals surface area (Å²) in [7, 11) is -3.60. The molecule has 2 N–H and O–H groups in total. The number of nitrogens with one attached hydrogen (secondary N) is 2. The van der Waals surface area contributed by atoms with Crippen molar-refractivity contribution in [1.82, 2.24) is 9.62 Å². The first-order chi connectivity index (χ1) is 16.6. The molecule has 7 nitrogen and oxygen atoms in total. The lowest BCUT2D eigenvalue weighted by molar-refractivity contribution is -0.126. The van der Waals surface area contributed by atoms with Gasteiger partial charge in [0.15, 0.2) is 0 Å². The molecule has 1 unspecified atom stereocenters. The van der Waals surface area contributed by atoms with Gasteiger partial charge in [-0.1, -0.05) is 29.8 Å². The molecule has 1 saturated carbocycles. The third kappa shape index (κ3) is 5.76. The maximum atomic E-state index is 13.3. The Balaban J connectivity index is 1.32. The molecule has 35 heavy (non-hydrogen) atoms. The van der Waals surface area contributed by atoms with E-state index in [1.807, 2.05) is 64.1 Å². The SMILES string of the molecule is Cc1cc(C)c(S(=O)(=O)N2CCC(C(=O)NC(C)c3ccc(NC(=O)C4CC4)cc3)CC2)c(C)c1. The van der Waals surface area contributed by atoms with Crippen molar-refractivity contribution in [2.24, 2.45) is 11.8 Å². The largest absolute Gasteiger partial charge is 0.349 e. The monoisotopic (exact) mass is 497 g/mol. The van der Waals surface area contributed by atoms with E-state index in [1.165, 1.54) is 4.31 Å². The highest BCUT2D eigenvalue weighted by Crippen LogP contribution is 2.31. The quantitative estimate of drug-likeness (QED) is 0.598. The van der Waals surface area contributed by atoms with Crippen molar-refractivity contribution < 1.29 is 18.0 Å². The number of carbonyl (C=O) groups is 2. The van der Waals surface area contributed by atoms with Gasteiger partial charge in [-0.2, -0.15) is 4.31 Å². The summed E-state index contributed by atoms with van der Waals surface area (Å²) >= 11 is 0. The lowest BCUT2D eigenvalue weighted by Gasteiger charge is -2.32. The van der Waals surface area contributed by atoms with Crippen LogP contribution in [-0.4, -0.2) is 37.6 Å². The van der Waals surface area contributed by atoms with E-state index >= 15 is 0 Å². The summed E-state index contributed by atoms with van der Waals surface area (Å²) < 4.78 is 28.1. The van der Waals surface area contributed by atoms with Gasteiger partial charge in [-0.25, -0.2) is 8.42 Å². The van der Waals surface area contributed by atoms with Gasteiger partial charge in [0.1, 0.15) is 0 Å². The second kappa shape index (κ2) is 10.1. The summed E-state index contributed by atoms with van der Waals surface area (Å²) in [6.45, 7) is 8.22. The molecular weight excluding hydrogens is 462 g/mol. The highest BCUT2D eigenvalue weighted by Gasteiger charge is 2.34. The van der Waals surface area contributed by atoms with Crippen LogP contribution in [-0.2, 0) is 19.6 Å². The summed E-state index contributed by atoms with van der Waals surface area (Å²) in [5, 5.41) is 5.99. The minimum absolute atomic E-state index is 0.0524. The van der Waals surface area contributed by atoms with E-state index in [1.54, 1.807) is 0 Å². The minimum Gasteiger partial charge on any atom is -0.349 e. The summed E-state index contributed by atoms with van der Waals surface area (Å²) in [4.78, 5) is 25.2. The molecular formula is C27H35N3O4S. The molecule has 8 heteroatoms. The van der Waals surface area contributed by atoms with Gasteiger partial charge in [-0.15, -0.1) is 0 Å². The molecule has 1 aliphatic heterocycles. The van der Waals surface area contributed by atoms with Crippen molar-refractivity contribution in [2.75, 3.05) is 18.4 Å². The van der Waals surface area contributed by atoms with Crippen LogP contribution in [0.25, 0.3) is 0 Å². The van der Waals surface area contributed by atoms with Gasteiger partial charge in [0.05, 0.1) is 10.9 Å². The van der Waals surface area contributed by atoms with Crippen molar-refractivity contribution in [3.63, 3.8) is 0 Å². The van der Waals surface area contributed by atoms with E-state index < -0.39 is 10.0 Å². The van der Waals surface area contributed by atoms with Crippen LogP contribution >= 0.6 is 0 Å². The fourth-order valence-corrected chi connectivity index (χ4v) is 6.80. The van der Waals surface area contributed by atoms with Crippen molar-refractivity contribution in [3.8, 4) is 0 Å². The molecule has 0 aromatic heterocycles. The Kier molecular flexibility index (Phi) is 7.33. The van der Waals surface area contributed by atoms with Crippen LogP contribution < -0.4 is 10.6 Å². The van der Waals surface area contributed by atoms with E-state index in [0.717, 1.165) is 40.8 Å². The number of hydrogen-bond acceptors (Lipinski definition) is 4. The third-order valence-electron chi connectivity index (χ3n) is 7.01. The van der Waals surface area contributed by atoms with Crippen LogP contribution in [0.1, 0.15) is 60.9 Å². The highest BCUT2D eigenvalue weighted by molar-refractivity contribution is 7.89. The number of carbonyl (C=O) groups excluding carboxylic acids is 2. The van der Waals surface area contributed by atoms with Gasteiger partial charge in [0.2, 0.25) is 21.8 Å². The molecule has 188 valence electrons. The Morgan fingerprint density at radius 1 is 0.886 bits per heavy atom. The standard InChI is InChI=1S/C27H35N3O4S/c1-17-15-18(2)25(19(3)16-17)35(33,34)30-13-11-23(12-14-30)26(31)28-20(4)21-7-9-24(10-8-21)29-27(32)22-5-6-22/h7-10,15-16,20,22-23H,5-6,11-14H2,1-4H3,(H,28,31)(H,29,32). The molecule has 0 bridgehead atoms. The van der Waals surface area contributed by atoms with E-state index in [4.69, 9.17) is 0 Å². The van der Waals surface area contributed by atoms with Gasteiger partial charge in [-0.05, 0) is 82.2 Å². The molecule has 0 spiro atoms. The van der Waals surface area contributed by atoms with Crippen molar-refractivity contribution in [2.45, 2.75) is 64.3 Å². The van der Waals surface area contributed by atoms with Crippen LogP contribution in [0.5, 0.6) is 0 Å². The van der Waals surface area contributed by atoms with Crippen LogP contribution in [0.15, 0.2) is 41.3 Å². The first-order valence-electron chi connectivity index (χ1n) is 12.4. The number of rotatable bonds is 7. The van der Waals surface area contributed by atoms with Gasteiger partial charge in [0.25, 0.3) is 0 Å². The molecule has 1 aliphatic carbocycles. The maximum absolute atomic E-state index is 13.3. The molecule has 4 rings (SSSR count). The predicted molar refractivity (Wildman–Crippen MR) is 136 cm³/mol. The van der Waals surface area contributed by atoms with Crippen LogP contribution in [0.4, 0.5) is 5.69 Å². The topological polar surface area (TPSA) is 95.6 Å². The lowest BCUT2D eigenvalue weighted by atomic mass is 9.96. The average Bonchev–Trinajstić information content (AvgIpc) is 3.64. The molecule has 2 amide bonds. The number of piperidine rings is 1. The molecule has 2 aliphatic rings. The average molecular weight is 498 g/mol. The Labute approximate surface area is 208 Å². The Hall–Kier alpha value is -2.71. The van der Waals surface area contributed by atoms with E-state index in [2.05, 4.69) is 10.6 Å². The number of hydrogen-bond donors (Lipinski definition) is 2. The maximum Gasteiger partial charge on any atom is 0.243 e. The van der Waals surface area contributed by atoms with E-state index in [0.29, 0.717) is 30.8 Å². The smallest absolute Gasteiger partial charge is 0.243 e. The second-order valence-electron chi connectivity index (χ2n) is 10.0. The summed E-state index contributed by atoms with van der Waals surface area (Å²) in [6.07, 6.45) is 2.91. The molecule has 1 atom stereocenters. The van der Waals surface area contributed by atoms with Crippen molar-refractivity contribution in [1.29, 1.82) is 0 Å². The summed E-state index contributed by atoms with van der Waals surface area (Å²) in [5.41, 5.74) is 4.27. The molecule has 2 aromatic carbocycles. The number of amides is 2. The minimum atomic E-state index is -3.60. The van der Waals surface area contributed by atoms with Gasteiger partial charge in [0, 0.05) is 30.6 Å². The van der Waals surface area contributed by atoms with Crippen LogP contribution in [0.3, 0.4) is 0 Å². The third-order valence-corrected chi connectivity index (χ3v) is 9.22. The van der Waals surface area contributed by atoms with Crippen molar-refractivity contribution in [3.05, 3.63) is 58.7 Å². The number of sulfonamides is 1. The Morgan fingerprint density at radius 2 is 1.43 bits per heavy atom. The number of nitrogens with zero attached hydrogens (tertiary/aromatic N) is 1. The lowest BCUT2D eigenvalue weighted by Crippen LogP contribution is -2.43. The summed E-state index contributed by atoms with van der Waals surface area (Å²) in [6, 6.07) is 11.1. The first-order valence-corrected chi connectivity index (χ1v) is 13.8. The van der Waals surface area contributed by atoms with Crippen LogP contribution in [0.2, 0.25) is 0 Å². The fourth-order valence-electron chi connectivity index (χ4n) is 4.92. The second-order valence-corrected chi connectivity index (χ2v) is 11.9. The molecule has 2 fully saturated rings. The first kappa shape index (κ1) is 25.4. The number of aryl methyl sites for hydroxylation is 3. The van der Waals surface area contributed by atoms with Gasteiger partial charge in [-0.3, -0.25) is 9.59 Å². The molecule has 1 saturated heterocycles. The van der Waals surface area contributed by atoms with E-state index in [9.17, 15) is 18.0 Å². The number of anilines is 1. The van der Waals surface area contributed by atoms with Crippen LogP contribution in [0, 0.1) is 32.6 Å². The van der Waals surface area contributed by atoms with Gasteiger partial charge < -0.3 is 10.6 Å². The Morgan fingerprint density at radius 3 is 1.97 bits per heavy atom. The fraction of sp³-hybridized carbons (Fsp3) is 0.481.